The minimum atomic E-state index is -0.106. The van der Waals surface area contributed by atoms with Crippen molar-refractivity contribution in [1.29, 1.82) is 0 Å². The highest BCUT2D eigenvalue weighted by Gasteiger charge is 2.31. The van der Waals surface area contributed by atoms with E-state index in [1.807, 2.05) is 17.0 Å². The summed E-state index contributed by atoms with van der Waals surface area (Å²) in [5, 5.41) is 2.74. The zero-order valence-electron chi connectivity index (χ0n) is 13.5. The lowest BCUT2D eigenvalue weighted by atomic mass is 10.0. The highest BCUT2D eigenvalue weighted by Crippen LogP contribution is 2.32. The zero-order valence-corrected chi connectivity index (χ0v) is 13.5. The average Bonchev–Trinajstić information content (AvgIpc) is 3.10. The fraction of sp³-hybridized carbons (Fsp3) is 0.353. The summed E-state index contributed by atoms with van der Waals surface area (Å²) in [6.45, 7) is 2.56. The fourth-order valence-corrected chi connectivity index (χ4v) is 2.93. The van der Waals surface area contributed by atoms with E-state index in [1.54, 1.807) is 12.4 Å². The number of carbonyl (C=O) groups excluding carboxylic acids is 2. The number of hydrogen-bond acceptors (Lipinski definition) is 5. The number of carbonyl (C=O) groups is 2. The van der Waals surface area contributed by atoms with Crippen molar-refractivity contribution in [1.82, 2.24) is 25.2 Å². The van der Waals surface area contributed by atoms with Crippen LogP contribution >= 0.6 is 0 Å². The Morgan fingerprint density at radius 2 is 2.17 bits per heavy atom. The second kappa shape index (κ2) is 7.16. The molecule has 1 saturated heterocycles. The molecule has 2 aromatic heterocycles. The highest BCUT2D eigenvalue weighted by molar-refractivity contribution is 5.92. The van der Waals surface area contributed by atoms with Crippen molar-refractivity contribution >= 4 is 11.8 Å². The van der Waals surface area contributed by atoms with Gasteiger partial charge in [-0.2, -0.15) is 0 Å². The average molecular weight is 325 g/mol. The lowest BCUT2D eigenvalue weighted by molar-refractivity contribution is -0.119. The van der Waals surface area contributed by atoms with Gasteiger partial charge in [0.2, 0.25) is 5.91 Å². The van der Waals surface area contributed by atoms with Crippen LogP contribution in [-0.4, -0.2) is 38.2 Å². The molecule has 3 heterocycles. The molecule has 0 unspecified atom stereocenters. The Balaban J connectivity index is 1.79. The van der Waals surface area contributed by atoms with Gasteiger partial charge in [0.05, 0.1) is 24.5 Å². The monoisotopic (exact) mass is 325 g/mol. The standard InChI is InChI=1S/C17H19N5O2/c1-12(23)21-10-14-9-13(4-5-19-14)16-3-2-8-22(16)17(24)15-11-18-6-7-20-15/h4-7,9,11,16H,2-3,8,10H2,1H3,(H,21,23)/t16-/m0/s1. The third-order valence-corrected chi connectivity index (χ3v) is 4.04. The fourth-order valence-electron chi connectivity index (χ4n) is 2.93. The summed E-state index contributed by atoms with van der Waals surface area (Å²) < 4.78 is 0. The normalized spacial score (nSPS) is 16.9. The Labute approximate surface area is 140 Å². The predicted molar refractivity (Wildman–Crippen MR) is 86.8 cm³/mol. The Kier molecular flexibility index (Phi) is 4.79. The number of nitrogens with one attached hydrogen (secondary N) is 1. The van der Waals surface area contributed by atoms with Crippen LogP contribution in [0.5, 0.6) is 0 Å². The Hall–Kier alpha value is -2.83. The summed E-state index contributed by atoms with van der Waals surface area (Å²) in [5.41, 5.74) is 2.17. The van der Waals surface area contributed by atoms with Gasteiger partial charge in [0, 0.05) is 32.1 Å². The van der Waals surface area contributed by atoms with E-state index in [0.29, 0.717) is 18.8 Å². The Morgan fingerprint density at radius 1 is 1.29 bits per heavy atom. The molecule has 1 aliphatic rings. The van der Waals surface area contributed by atoms with Gasteiger partial charge in [-0.25, -0.2) is 4.98 Å². The van der Waals surface area contributed by atoms with E-state index in [-0.39, 0.29) is 17.9 Å². The van der Waals surface area contributed by atoms with Crippen LogP contribution in [0.4, 0.5) is 0 Å². The summed E-state index contributed by atoms with van der Waals surface area (Å²) in [6.07, 6.45) is 8.13. The van der Waals surface area contributed by atoms with Gasteiger partial charge >= 0.3 is 0 Å². The van der Waals surface area contributed by atoms with E-state index in [1.165, 1.54) is 19.3 Å². The maximum absolute atomic E-state index is 12.7. The van der Waals surface area contributed by atoms with E-state index < -0.39 is 0 Å². The lowest BCUT2D eigenvalue weighted by Crippen LogP contribution is -2.31. The van der Waals surface area contributed by atoms with Crippen LogP contribution in [0, 0.1) is 0 Å². The Morgan fingerprint density at radius 3 is 2.92 bits per heavy atom. The van der Waals surface area contributed by atoms with E-state index in [0.717, 1.165) is 24.1 Å². The van der Waals surface area contributed by atoms with Gasteiger partial charge in [0.1, 0.15) is 5.69 Å². The molecule has 0 spiro atoms. The molecule has 7 nitrogen and oxygen atoms in total. The molecule has 124 valence electrons. The van der Waals surface area contributed by atoms with Crippen molar-refractivity contribution in [2.75, 3.05) is 6.54 Å². The molecule has 2 amide bonds. The van der Waals surface area contributed by atoms with E-state index in [2.05, 4.69) is 20.3 Å². The minimum absolute atomic E-state index is 0.00131. The number of hydrogen-bond donors (Lipinski definition) is 1. The number of amides is 2. The predicted octanol–water partition coefficient (Wildman–Crippen LogP) is 1.48. The van der Waals surface area contributed by atoms with Crippen molar-refractivity contribution in [3.63, 3.8) is 0 Å². The van der Waals surface area contributed by atoms with Gasteiger partial charge in [-0.05, 0) is 30.5 Å². The van der Waals surface area contributed by atoms with Crippen LogP contribution in [0.2, 0.25) is 0 Å². The highest BCUT2D eigenvalue weighted by atomic mass is 16.2. The molecule has 1 fully saturated rings. The van der Waals surface area contributed by atoms with Crippen molar-refractivity contribution in [3.05, 3.63) is 53.9 Å². The second-order valence-electron chi connectivity index (χ2n) is 5.74. The largest absolute Gasteiger partial charge is 0.351 e. The van der Waals surface area contributed by atoms with Crippen molar-refractivity contribution in [2.45, 2.75) is 32.4 Å². The van der Waals surface area contributed by atoms with Crippen molar-refractivity contribution in [2.24, 2.45) is 0 Å². The quantitative estimate of drug-likeness (QED) is 0.920. The van der Waals surface area contributed by atoms with Crippen molar-refractivity contribution in [3.8, 4) is 0 Å². The van der Waals surface area contributed by atoms with Crippen LogP contribution in [0.1, 0.15) is 47.6 Å². The molecule has 0 bridgehead atoms. The minimum Gasteiger partial charge on any atom is -0.351 e. The van der Waals surface area contributed by atoms with Crippen LogP contribution in [0.3, 0.4) is 0 Å². The molecule has 0 saturated carbocycles. The van der Waals surface area contributed by atoms with Crippen LogP contribution in [-0.2, 0) is 11.3 Å². The molecule has 3 rings (SSSR count). The lowest BCUT2D eigenvalue weighted by Gasteiger charge is -2.25. The van der Waals surface area contributed by atoms with Crippen LogP contribution in [0.15, 0.2) is 36.9 Å². The van der Waals surface area contributed by atoms with E-state index in [4.69, 9.17) is 0 Å². The molecule has 0 aliphatic carbocycles. The van der Waals surface area contributed by atoms with Gasteiger partial charge in [-0.1, -0.05) is 0 Å². The maximum atomic E-state index is 12.7. The number of pyridine rings is 1. The summed E-state index contributed by atoms with van der Waals surface area (Å²) >= 11 is 0. The summed E-state index contributed by atoms with van der Waals surface area (Å²) in [7, 11) is 0. The third kappa shape index (κ3) is 3.56. The van der Waals surface area contributed by atoms with E-state index in [9.17, 15) is 9.59 Å². The van der Waals surface area contributed by atoms with E-state index >= 15 is 0 Å². The molecule has 24 heavy (non-hydrogen) atoms. The van der Waals surface area contributed by atoms with Crippen LogP contribution in [0.25, 0.3) is 0 Å². The number of aromatic nitrogens is 3. The first kappa shape index (κ1) is 16.0. The Bertz CT molecular complexity index is 735. The summed E-state index contributed by atoms with van der Waals surface area (Å²) in [5.74, 6) is -0.201. The first-order valence-electron chi connectivity index (χ1n) is 7.91. The molecular weight excluding hydrogens is 306 g/mol. The second-order valence-corrected chi connectivity index (χ2v) is 5.74. The third-order valence-electron chi connectivity index (χ3n) is 4.04. The molecule has 0 radical (unpaired) electrons. The van der Waals surface area contributed by atoms with Gasteiger partial charge in [-0.3, -0.25) is 19.6 Å². The first-order chi connectivity index (χ1) is 11.6. The SMILES string of the molecule is CC(=O)NCc1cc([C@@H]2CCCN2C(=O)c2cnccn2)ccn1. The number of rotatable bonds is 4. The van der Waals surface area contributed by atoms with Crippen molar-refractivity contribution < 1.29 is 9.59 Å². The molecular formula is C17H19N5O2. The number of nitrogens with zero attached hydrogens (tertiary/aromatic N) is 4. The van der Waals surface area contributed by atoms with Gasteiger partial charge in [0.25, 0.3) is 5.91 Å². The molecule has 1 atom stereocenters. The zero-order chi connectivity index (χ0) is 16.9. The smallest absolute Gasteiger partial charge is 0.274 e. The topological polar surface area (TPSA) is 88.1 Å². The molecule has 0 aromatic carbocycles. The number of likely N-dealkylation sites (tertiary alicyclic amines) is 1. The first-order valence-corrected chi connectivity index (χ1v) is 7.91. The summed E-state index contributed by atoms with van der Waals surface area (Å²) in [6, 6.07) is 3.87. The van der Waals surface area contributed by atoms with Gasteiger partial charge < -0.3 is 10.2 Å². The molecule has 2 aromatic rings. The van der Waals surface area contributed by atoms with Crippen LogP contribution < -0.4 is 5.32 Å². The maximum Gasteiger partial charge on any atom is 0.274 e. The molecule has 7 heteroatoms. The molecule has 1 N–H and O–H groups in total. The van der Waals surface area contributed by atoms with Gasteiger partial charge in [-0.15, -0.1) is 0 Å². The van der Waals surface area contributed by atoms with Gasteiger partial charge in [0.15, 0.2) is 0 Å². The summed E-state index contributed by atoms with van der Waals surface area (Å²) in [4.78, 5) is 37.9. The molecule has 1 aliphatic heterocycles.